The summed E-state index contributed by atoms with van der Waals surface area (Å²) in [7, 11) is -0.899. The molecule has 7 heteroatoms. The zero-order chi connectivity index (χ0) is 14.2. The van der Waals surface area contributed by atoms with Gasteiger partial charge in [-0.05, 0) is 36.4 Å². The first-order valence-corrected chi connectivity index (χ1v) is 6.46. The van der Waals surface area contributed by atoms with Gasteiger partial charge in [0.1, 0.15) is 11.5 Å². The molecule has 0 fully saturated rings. The summed E-state index contributed by atoms with van der Waals surface area (Å²) in [5.74, 6) is 1.13. The van der Waals surface area contributed by atoms with Gasteiger partial charge in [-0.15, -0.1) is 0 Å². The van der Waals surface area contributed by atoms with Crippen LogP contribution in [-0.4, -0.2) is 25.5 Å². The molecular weight excluding hydrogens is 278 g/mol. The van der Waals surface area contributed by atoms with E-state index in [0.717, 1.165) is 0 Å². The fraction of sp³-hybridized carbons (Fsp3) is 0.154. The summed E-state index contributed by atoms with van der Waals surface area (Å²) in [6.45, 7) is 0.690. The average Bonchev–Trinajstić information content (AvgIpc) is 2.48. The fourth-order valence-electron chi connectivity index (χ4n) is 1.41. The van der Waals surface area contributed by atoms with Crippen LogP contribution in [0.2, 0.25) is 5.02 Å². The number of benzene rings is 1. The summed E-state index contributed by atoms with van der Waals surface area (Å²) in [5.41, 5.74) is 5.42. The van der Waals surface area contributed by atoms with E-state index in [0.29, 0.717) is 29.7 Å². The second-order valence-corrected chi connectivity index (χ2v) is 4.26. The number of aromatic nitrogens is 1. The normalized spacial score (nSPS) is 10.1. The van der Waals surface area contributed by atoms with E-state index < -0.39 is 7.32 Å². The number of pyridine rings is 1. The smallest absolute Gasteiger partial charge is 0.501 e. The Morgan fingerprint density at radius 2 is 1.85 bits per heavy atom. The fourth-order valence-corrected chi connectivity index (χ4v) is 1.53. The molecule has 2 aromatic rings. The van der Waals surface area contributed by atoms with E-state index in [9.17, 15) is 0 Å². The van der Waals surface area contributed by atoms with E-state index in [1.807, 2.05) is 0 Å². The zero-order valence-electron chi connectivity index (χ0n) is 10.7. The van der Waals surface area contributed by atoms with Gasteiger partial charge >= 0.3 is 7.32 Å². The molecular formula is C13H14BClN2O3. The topological polar surface area (TPSA) is 66.6 Å². The maximum Gasteiger partial charge on any atom is 0.788 e. The summed E-state index contributed by atoms with van der Waals surface area (Å²) >= 11 is 5.82. The van der Waals surface area contributed by atoms with Crippen LogP contribution < -0.4 is 15.0 Å². The third kappa shape index (κ3) is 4.73. The van der Waals surface area contributed by atoms with Crippen molar-refractivity contribution < 1.29 is 14.0 Å². The molecule has 0 saturated carbocycles. The van der Waals surface area contributed by atoms with Crippen molar-refractivity contribution in [2.24, 2.45) is 5.73 Å². The van der Waals surface area contributed by atoms with Gasteiger partial charge in [0.05, 0.1) is 6.20 Å². The van der Waals surface area contributed by atoms with E-state index in [1.54, 1.807) is 48.8 Å². The first-order chi connectivity index (χ1) is 9.78. The lowest BCUT2D eigenvalue weighted by molar-refractivity contribution is 0.206. The quantitative estimate of drug-likeness (QED) is 0.792. The molecule has 0 amide bonds. The Hall–Kier alpha value is -1.76. The predicted octanol–water partition coefficient (Wildman–Crippen LogP) is 2.15. The Kier molecular flexibility index (Phi) is 5.67. The highest BCUT2D eigenvalue weighted by atomic mass is 35.5. The minimum atomic E-state index is -0.899. The molecule has 104 valence electrons. The molecule has 1 aromatic heterocycles. The van der Waals surface area contributed by atoms with Crippen molar-refractivity contribution in [3.8, 4) is 11.5 Å². The van der Waals surface area contributed by atoms with Crippen LogP contribution in [0.15, 0.2) is 48.8 Å². The van der Waals surface area contributed by atoms with Crippen LogP contribution in [0.5, 0.6) is 11.5 Å². The van der Waals surface area contributed by atoms with E-state index in [4.69, 9.17) is 31.3 Å². The van der Waals surface area contributed by atoms with Crippen LogP contribution in [0.4, 0.5) is 0 Å². The monoisotopic (exact) mass is 292 g/mol. The first-order valence-electron chi connectivity index (χ1n) is 6.08. The molecule has 0 aliphatic heterocycles. The summed E-state index contributed by atoms with van der Waals surface area (Å²) in [6.07, 6.45) is 3.23. The van der Waals surface area contributed by atoms with Crippen molar-refractivity contribution in [1.82, 2.24) is 4.98 Å². The van der Waals surface area contributed by atoms with Crippen molar-refractivity contribution in [3.63, 3.8) is 0 Å². The minimum Gasteiger partial charge on any atom is -0.501 e. The molecule has 5 nitrogen and oxygen atoms in total. The van der Waals surface area contributed by atoms with Crippen LogP contribution in [0.3, 0.4) is 0 Å². The van der Waals surface area contributed by atoms with Gasteiger partial charge in [-0.1, -0.05) is 11.6 Å². The number of nitrogens with two attached hydrogens (primary N) is 1. The van der Waals surface area contributed by atoms with Crippen LogP contribution in [0.25, 0.3) is 0 Å². The van der Waals surface area contributed by atoms with Crippen LogP contribution in [0.1, 0.15) is 0 Å². The second-order valence-electron chi connectivity index (χ2n) is 3.83. The van der Waals surface area contributed by atoms with Gasteiger partial charge < -0.3 is 19.7 Å². The lowest BCUT2D eigenvalue weighted by atomic mass is 10.2. The Bertz CT molecular complexity index is 513. The third-order valence-electron chi connectivity index (χ3n) is 2.28. The highest BCUT2D eigenvalue weighted by molar-refractivity contribution is 6.38. The molecule has 0 atom stereocenters. The van der Waals surface area contributed by atoms with Crippen molar-refractivity contribution in [2.45, 2.75) is 0 Å². The van der Waals surface area contributed by atoms with Crippen LogP contribution in [0, 0.1) is 0 Å². The van der Waals surface area contributed by atoms with E-state index in [2.05, 4.69) is 4.98 Å². The van der Waals surface area contributed by atoms with Crippen molar-refractivity contribution in [1.29, 1.82) is 0 Å². The highest BCUT2D eigenvalue weighted by Gasteiger charge is 2.26. The van der Waals surface area contributed by atoms with Crippen LogP contribution >= 0.6 is 11.6 Å². The first kappa shape index (κ1) is 14.6. The Morgan fingerprint density at radius 1 is 1.10 bits per heavy atom. The molecule has 0 bridgehead atoms. The molecule has 1 heterocycles. The van der Waals surface area contributed by atoms with Gasteiger partial charge in [0.15, 0.2) is 0 Å². The maximum absolute atomic E-state index is 5.82. The Labute approximate surface area is 122 Å². The number of halogens is 1. The van der Waals surface area contributed by atoms with Gasteiger partial charge in [-0.2, -0.15) is 0 Å². The lowest BCUT2D eigenvalue weighted by Crippen LogP contribution is -2.35. The van der Waals surface area contributed by atoms with E-state index in [-0.39, 0.29) is 0 Å². The number of hydrogen-bond acceptors (Lipinski definition) is 5. The minimum absolute atomic E-state index is 0.318. The predicted molar refractivity (Wildman–Crippen MR) is 77.7 cm³/mol. The molecule has 0 aliphatic carbocycles. The lowest BCUT2D eigenvalue weighted by Gasteiger charge is -2.15. The third-order valence-corrected chi connectivity index (χ3v) is 2.54. The van der Waals surface area contributed by atoms with Gasteiger partial charge in [0, 0.05) is 24.4 Å². The van der Waals surface area contributed by atoms with Crippen LogP contribution in [-0.2, 0) is 4.65 Å². The van der Waals surface area contributed by atoms with Crippen molar-refractivity contribution in [3.05, 3.63) is 53.8 Å². The SMILES string of the molecule is NCCOB(Oc1ccc(Cl)cc1)Oc1cccnc1. The molecule has 2 N–H and O–H groups in total. The molecule has 0 spiro atoms. The van der Waals surface area contributed by atoms with Gasteiger partial charge in [-0.3, -0.25) is 4.98 Å². The summed E-state index contributed by atoms with van der Waals surface area (Å²) in [4.78, 5) is 3.96. The largest absolute Gasteiger partial charge is 0.788 e. The highest BCUT2D eigenvalue weighted by Crippen LogP contribution is 2.17. The molecule has 0 radical (unpaired) electrons. The molecule has 1 aromatic carbocycles. The van der Waals surface area contributed by atoms with Gasteiger partial charge in [0.25, 0.3) is 0 Å². The van der Waals surface area contributed by atoms with E-state index in [1.165, 1.54) is 0 Å². The number of hydrogen-bond donors (Lipinski definition) is 1. The molecule has 20 heavy (non-hydrogen) atoms. The van der Waals surface area contributed by atoms with Crippen molar-refractivity contribution >= 4 is 18.9 Å². The van der Waals surface area contributed by atoms with Crippen molar-refractivity contribution in [2.75, 3.05) is 13.2 Å². The average molecular weight is 293 g/mol. The summed E-state index contributed by atoms with van der Waals surface area (Å²) in [6, 6.07) is 10.4. The summed E-state index contributed by atoms with van der Waals surface area (Å²) in [5, 5.41) is 0.630. The van der Waals surface area contributed by atoms with Gasteiger partial charge in [0.2, 0.25) is 0 Å². The standard InChI is InChI=1S/C13H14BClN2O3/c15-11-3-5-12(6-4-11)19-14(18-9-7-16)20-13-2-1-8-17-10-13/h1-6,8,10H,7,9,16H2. The molecule has 0 aliphatic rings. The zero-order valence-corrected chi connectivity index (χ0v) is 11.5. The number of rotatable bonds is 7. The summed E-state index contributed by atoms with van der Waals surface area (Å²) < 4.78 is 16.5. The number of nitrogens with zero attached hydrogens (tertiary/aromatic N) is 1. The Balaban J connectivity index is 2.01. The molecule has 0 saturated heterocycles. The molecule has 0 unspecified atom stereocenters. The van der Waals surface area contributed by atoms with E-state index >= 15 is 0 Å². The van der Waals surface area contributed by atoms with Gasteiger partial charge in [-0.25, -0.2) is 0 Å². The maximum atomic E-state index is 5.82. The molecule has 2 rings (SSSR count). The Morgan fingerprint density at radius 3 is 2.50 bits per heavy atom. The second kappa shape index (κ2) is 7.74.